The second kappa shape index (κ2) is 7.40. The van der Waals surface area contributed by atoms with E-state index in [-0.39, 0.29) is 0 Å². The number of nitrogens with one attached hydrogen (secondary N) is 2. The molecule has 0 spiro atoms. The molecule has 8 nitrogen and oxygen atoms in total. The summed E-state index contributed by atoms with van der Waals surface area (Å²) in [5.74, 6) is -0.393. The number of anilines is 1. The first-order valence-corrected chi connectivity index (χ1v) is 8.46. The molecule has 1 aliphatic rings. The molecular formula is C20H18N4O4. The lowest BCUT2D eigenvalue weighted by atomic mass is 9.91. The maximum atomic E-state index is 12.8. The molecule has 0 bridgehead atoms. The zero-order valence-corrected chi connectivity index (χ0v) is 15.4. The van der Waals surface area contributed by atoms with Crippen LogP contribution in [-0.4, -0.2) is 36.4 Å². The number of methoxy groups -OCH3 is 1. The first-order valence-electron chi connectivity index (χ1n) is 8.46. The number of benzene rings is 2. The summed E-state index contributed by atoms with van der Waals surface area (Å²) in [6, 6.07) is 14.4. The van der Waals surface area contributed by atoms with Gasteiger partial charge in [0.25, 0.3) is 5.91 Å². The summed E-state index contributed by atoms with van der Waals surface area (Å²) >= 11 is 0. The smallest absolute Gasteiger partial charge is 0.325 e. The van der Waals surface area contributed by atoms with Crippen LogP contribution in [0.4, 0.5) is 10.5 Å². The number of hydrogen-bond donors (Lipinski definition) is 2. The van der Waals surface area contributed by atoms with Gasteiger partial charge in [0.05, 0.1) is 18.7 Å². The lowest BCUT2D eigenvalue weighted by molar-refractivity contribution is -0.133. The van der Waals surface area contributed by atoms with Crippen LogP contribution in [0.25, 0.3) is 0 Å². The Kier molecular flexibility index (Phi) is 5.00. The van der Waals surface area contributed by atoms with Crippen LogP contribution in [0.5, 0.6) is 5.75 Å². The van der Waals surface area contributed by atoms with Gasteiger partial charge in [0.15, 0.2) is 0 Å². The number of hydrogen-bond acceptors (Lipinski definition) is 5. The molecule has 0 aromatic heterocycles. The SMILES string of the molecule is COc1ccc(NC(=O)CN2C(=O)NC(C)(c3ccc(C#N)cc3)C2=O)cc1. The van der Waals surface area contributed by atoms with Crippen LogP contribution < -0.4 is 15.4 Å². The van der Waals surface area contributed by atoms with Gasteiger partial charge in [-0.05, 0) is 48.9 Å². The molecule has 4 amide bonds. The van der Waals surface area contributed by atoms with Crippen molar-refractivity contribution in [3.63, 3.8) is 0 Å². The van der Waals surface area contributed by atoms with E-state index in [1.165, 1.54) is 7.11 Å². The summed E-state index contributed by atoms with van der Waals surface area (Å²) in [7, 11) is 1.54. The summed E-state index contributed by atoms with van der Waals surface area (Å²) in [4.78, 5) is 38.3. The van der Waals surface area contributed by atoms with Crippen molar-refractivity contribution in [3.05, 3.63) is 59.7 Å². The maximum absolute atomic E-state index is 12.8. The Labute approximate surface area is 161 Å². The number of nitriles is 1. The Balaban J connectivity index is 1.71. The van der Waals surface area contributed by atoms with E-state index in [1.54, 1.807) is 55.5 Å². The van der Waals surface area contributed by atoms with Gasteiger partial charge in [0, 0.05) is 5.69 Å². The molecular weight excluding hydrogens is 360 g/mol. The minimum Gasteiger partial charge on any atom is -0.497 e. The van der Waals surface area contributed by atoms with E-state index in [0.717, 1.165) is 4.90 Å². The predicted molar refractivity (Wildman–Crippen MR) is 100 cm³/mol. The van der Waals surface area contributed by atoms with Gasteiger partial charge in [-0.15, -0.1) is 0 Å². The van der Waals surface area contributed by atoms with Crippen molar-refractivity contribution < 1.29 is 19.1 Å². The Bertz CT molecular complexity index is 963. The van der Waals surface area contributed by atoms with Crippen LogP contribution in [0.2, 0.25) is 0 Å². The zero-order chi connectivity index (χ0) is 20.3. The molecule has 0 aliphatic carbocycles. The van der Waals surface area contributed by atoms with Crippen molar-refractivity contribution in [2.24, 2.45) is 0 Å². The Morgan fingerprint density at radius 2 is 1.82 bits per heavy atom. The van der Waals surface area contributed by atoms with Gasteiger partial charge in [-0.1, -0.05) is 12.1 Å². The average Bonchev–Trinajstić information content (AvgIpc) is 2.92. The van der Waals surface area contributed by atoms with Crippen LogP contribution in [0.3, 0.4) is 0 Å². The summed E-state index contributed by atoms with van der Waals surface area (Å²) in [6.45, 7) is 1.15. The molecule has 28 heavy (non-hydrogen) atoms. The van der Waals surface area contributed by atoms with Crippen molar-refractivity contribution in [1.29, 1.82) is 5.26 Å². The summed E-state index contributed by atoms with van der Waals surface area (Å²) in [5, 5.41) is 14.2. The average molecular weight is 378 g/mol. The topological polar surface area (TPSA) is 112 Å². The molecule has 1 saturated heterocycles. The number of carbonyl (C=O) groups is 3. The number of amides is 4. The third kappa shape index (κ3) is 3.50. The van der Waals surface area contributed by atoms with Crippen LogP contribution in [0.1, 0.15) is 18.1 Å². The fourth-order valence-electron chi connectivity index (χ4n) is 2.93. The fraction of sp³-hybridized carbons (Fsp3) is 0.200. The lowest BCUT2D eigenvalue weighted by Gasteiger charge is -2.22. The van der Waals surface area contributed by atoms with E-state index < -0.39 is 29.9 Å². The first kappa shape index (κ1) is 18.9. The van der Waals surface area contributed by atoms with Gasteiger partial charge in [-0.25, -0.2) is 4.79 Å². The van der Waals surface area contributed by atoms with Crippen molar-refractivity contribution in [2.75, 3.05) is 19.0 Å². The fourth-order valence-corrected chi connectivity index (χ4v) is 2.93. The van der Waals surface area contributed by atoms with Crippen LogP contribution in [0.15, 0.2) is 48.5 Å². The number of rotatable bonds is 5. The number of carbonyl (C=O) groups excluding carboxylic acids is 3. The Hall–Kier alpha value is -3.86. The summed E-state index contributed by atoms with van der Waals surface area (Å²) in [6.07, 6.45) is 0. The predicted octanol–water partition coefficient (Wildman–Crippen LogP) is 1.97. The largest absolute Gasteiger partial charge is 0.497 e. The molecule has 3 rings (SSSR count). The minimum absolute atomic E-state index is 0.414. The Morgan fingerprint density at radius 1 is 1.18 bits per heavy atom. The molecule has 142 valence electrons. The number of urea groups is 1. The minimum atomic E-state index is -1.30. The zero-order valence-electron chi connectivity index (χ0n) is 15.4. The summed E-state index contributed by atoms with van der Waals surface area (Å²) < 4.78 is 5.05. The van der Waals surface area contributed by atoms with Crippen LogP contribution >= 0.6 is 0 Å². The molecule has 0 radical (unpaired) electrons. The molecule has 2 aromatic rings. The van der Waals surface area contributed by atoms with Gasteiger partial charge < -0.3 is 15.4 Å². The number of imide groups is 1. The second-order valence-corrected chi connectivity index (χ2v) is 6.41. The molecule has 8 heteroatoms. The van der Waals surface area contributed by atoms with E-state index >= 15 is 0 Å². The van der Waals surface area contributed by atoms with Crippen LogP contribution in [-0.2, 0) is 15.1 Å². The molecule has 2 aromatic carbocycles. The van der Waals surface area contributed by atoms with Crippen molar-refractivity contribution in [1.82, 2.24) is 10.2 Å². The molecule has 0 saturated carbocycles. The third-order valence-electron chi connectivity index (χ3n) is 4.54. The Morgan fingerprint density at radius 3 is 2.39 bits per heavy atom. The third-order valence-corrected chi connectivity index (χ3v) is 4.54. The molecule has 1 aliphatic heterocycles. The highest BCUT2D eigenvalue weighted by molar-refractivity contribution is 6.10. The van der Waals surface area contributed by atoms with Crippen molar-refractivity contribution >= 4 is 23.5 Å². The highest BCUT2D eigenvalue weighted by Gasteiger charge is 2.49. The quantitative estimate of drug-likeness (QED) is 0.773. The van der Waals surface area contributed by atoms with Gasteiger partial charge in [0.1, 0.15) is 17.8 Å². The van der Waals surface area contributed by atoms with Gasteiger partial charge >= 0.3 is 6.03 Å². The number of nitrogens with zero attached hydrogens (tertiary/aromatic N) is 2. The molecule has 1 fully saturated rings. The van der Waals surface area contributed by atoms with Crippen LogP contribution in [0, 0.1) is 11.3 Å². The van der Waals surface area contributed by atoms with Gasteiger partial charge in [-0.2, -0.15) is 5.26 Å². The van der Waals surface area contributed by atoms with E-state index in [4.69, 9.17) is 10.00 Å². The second-order valence-electron chi connectivity index (χ2n) is 6.41. The van der Waals surface area contributed by atoms with Gasteiger partial charge in [0.2, 0.25) is 5.91 Å². The van der Waals surface area contributed by atoms with Gasteiger partial charge in [-0.3, -0.25) is 14.5 Å². The molecule has 1 heterocycles. The van der Waals surface area contributed by atoms with E-state index in [0.29, 0.717) is 22.6 Å². The molecule has 2 N–H and O–H groups in total. The van der Waals surface area contributed by atoms with E-state index in [9.17, 15) is 14.4 Å². The highest BCUT2D eigenvalue weighted by atomic mass is 16.5. The van der Waals surface area contributed by atoms with E-state index in [2.05, 4.69) is 10.6 Å². The standard InChI is InChI=1S/C20H18N4O4/c1-20(14-5-3-13(11-21)4-6-14)18(26)24(19(27)23-20)12-17(25)22-15-7-9-16(28-2)10-8-15/h3-10H,12H2,1-2H3,(H,22,25)(H,23,27). The summed E-state index contributed by atoms with van der Waals surface area (Å²) in [5.41, 5.74) is 0.196. The normalized spacial score (nSPS) is 18.4. The maximum Gasteiger partial charge on any atom is 0.325 e. The first-order chi connectivity index (χ1) is 13.4. The molecule has 1 atom stereocenters. The van der Waals surface area contributed by atoms with Crippen molar-refractivity contribution in [3.8, 4) is 11.8 Å². The van der Waals surface area contributed by atoms with Crippen molar-refractivity contribution in [2.45, 2.75) is 12.5 Å². The highest BCUT2D eigenvalue weighted by Crippen LogP contribution is 2.29. The number of ether oxygens (including phenoxy) is 1. The van der Waals surface area contributed by atoms with E-state index in [1.807, 2.05) is 6.07 Å². The molecule has 1 unspecified atom stereocenters. The monoisotopic (exact) mass is 378 g/mol. The lowest BCUT2D eigenvalue weighted by Crippen LogP contribution is -2.42.